The van der Waals surface area contributed by atoms with Gasteiger partial charge in [0.25, 0.3) is 0 Å². The second-order valence-electron chi connectivity index (χ2n) is 25.6. The first-order chi connectivity index (χ1) is 49.7. The van der Waals surface area contributed by atoms with Gasteiger partial charge in [0.15, 0.2) is 12.2 Å². The molecular formula is C83H138O17P2. The fraction of sp³-hybridized carbons (Fsp3) is 0.663. The number of esters is 4. The van der Waals surface area contributed by atoms with Crippen molar-refractivity contribution in [2.24, 2.45) is 0 Å². The lowest BCUT2D eigenvalue weighted by molar-refractivity contribution is -0.161. The van der Waals surface area contributed by atoms with Crippen LogP contribution in [0.1, 0.15) is 297 Å². The summed E-state index contributed by atoms with van der Waals surface area (Å²) in [6.07, 6.45) is 84.4. The summed E-state index contributed by atoms with van der Waals surface area (Å²) in [4.78, 5) is 72.8. The van der Waals surface area contributed by atoms with Crippen LogP contribution in [0.2, 0.25) is 0 Å². The highest BCUT2D eigenvalue weighted by Gasteiger charge is 2.30. The van der Waals surface area contributed by atoms with Crippen molar-refractivity contribution in [3.05, 3.63) is 146 Å². The Bertz CT molecular complexity index is 2510. The number of ether oxygens (including phenoxy) is 4. The zero-order chi connectivity index (χ0) is 74.6. The van der Waals surface area contributed by atoms with E-state index in [1.165, 1.54) is 57.8 Å². The van der Waals surface area contributed by atoms with Gasteiger partial charge in [-0.2, -0.15) is 0 Å². The predicted octanol–water partition coefficient (Wildman–Crippen LogP) is 22.7. The van der Waals surface area contributed by atoms with Gasteiger partial charge in [0.05, 0.1) is 32.8 Å². The van der Waals surface area contributed by atoms with Crippen molar-refractivity contribution < 1.29 is 80.2 Å². The van der Waals surface area contributed by atoms with E-state index in [9.17, 15) is 43.2 Å². The molecule has 0 amide bonds. The molecule has 19 heteroatoms. The van der Waals surface area contributed by atoms with Crippen LogP contribution in [-0.2, 0) is 65.4 Å². The molecule has 0 aliphatic carbocycles. The smallest absolute Gasteiger partial charge is 0.462 e. The second kappa shape index (κ2) is 74.2. The lowest BCUT2D eigenvalue weighted by atomic mass is 10.1. The number of allylic oxidation sites excluding steroid dienone is 23. The first kappa shape index (κ1) is 96.9. The molecule has 5 unspecified atom stereocenters. The van der Waals surface area contributed by atoms with Gasteiger partial charge in [0.2, 0.25) is 0 Å². The van der Waals surface area contributed by atoms with Gasteiger partial charge in [-0.15, -0.1) is 0 Å². The summed E-state index contributed by atoms with van der Waals surface area (Å²) in [5, 5.41) is 10.6. The molecule has 0 aliphatic rings. The summed E-state index contributed by atoms with van der Waals surface area (Å²) in [6.45, 7) is 4.45. The Balaban J connectivity index is 5.42. The van der Waals surface area contributed by atoms with Crippen LogP contribution >= 0.6 is 15.6 Å². The highest BCUT2D eigenvalue weighted by molar-refractivity contribution is 7.47. The fourth-order valence-electron chi connectivity index (χ4n) is 9.94. The van der Waals surface area contributed by atoms with E-state index in [2.05, 4.69) is 149 Å². The van der Waals surface area contributed by atoms with Crippen molar-refractivity contribution in [2.45, 2.75) is 316 Å². The molecule has 0 saturated heterocycles. The molecule has 0 bridgehead atoms. The molecule has 0 aliphatic heterocycles. The van der Waals surface area contributed by atoms with Gasteiger partial charge in [-0.1, -0.05) is 289 Å². The number of rotatable bonds is 72. The van der Waals surface area contributed by atoms with Crippen LogP contribution in [0.3, 0.4) is 0 Å². The van der Waals surface area contributed by atoms with Gasteiger partial charge in [-0.05, 0) is 128 Å². The molecule has 17 nitrogen and oxygen atoms in total. The van der Waals surface area contributed by atoms with E-state index in [1.807, 2.05) is 12.2 Å². The van der Waals surface area contributed by atoms with Crippen LogP contribution in [0.25, 0.3) is 0 Å². The summed E-state index contributed by atoms with van der Waals surface area (Å²) in [5.41, 5.74) is 0. The molecule has 102 heavy (non-hydrogen) atoms. The van der Waals surface area contributed by atoms with Crippen LogP contribution in [0.5, 0.6) is 0 Å². The number of phosphoric acid groups is 2. The van der Waals surface area contributed by atoms with Gasteiger partial charge in [0, 0.05) is 19.3 Å². The van der Waals surface area contributed by atoms with Crippen molar-refractivity contribution in [3.63, 3.8) is 0 Å². The lowest BCUT2D eigenvalue weighted by Gasteiger charge is -2.21. The van der Waals surface area contributed by atoms with E-state index in [1.54, 1.807) is 12.2 Å². The minimum atomic E-state index is -5.01. The summed E-state index contributed by atoms with van der Waals surface area (Å²) in [5.74, 6) is -2.37. The van der Waals surface area contributed by atoms with Crippen LogP contribution < -0.4 is 0 Å². The molecule has 0 saturated carbocycles. The molecule has 0 heterocycles. The molecule has 0 aromatic carbocycles. The summed E-state index contributed by atoms with van der Waals surface area (Å²) >= 11 is 0. The number of carbonyl (C=O) groups is 4. The van der Waals surface area contributed by atoms with Crippen LogP contribution in [0.4, 0.5) is 0 Å². The molecule has 0 fully saturated rings. The Kier molecular flexibility index (Phi) is 70.5. The first-order valence-corrected chi connectivity index (χ1v) is 42.1. The molecule has 0 aromatic heterocycles. The third-order valence-electron chi connectivity index (χ3n) is 15.8. The number of unbranched alkanes of at least 4 members (excludes halogenated alkanes) is 23. The molecular weight excluding hydrogens is 1330 g/mol. The van der Waals surface area contributed by atoms with Gasteiger partial charge < -0.3 is 33.8 Å². The van der Waals surface area contributed by atoms with Crippen LogP contribution in [0, 0.1) is 0 Å². The number of aliphatic hydroxyl groups is 1. The topological polar surface area (TPSA) is 237 Å². The SMILES string of the molecule is CC/C=C\C/C=C\C/C=C\C/C=C\C/C=C\CC(=O)OC(COC(=O)CCCCCCCC/C=C\C/C=C\C/C=C\CCCCC)COP(=O)(O)OCC(O)COP(=O)(O)OCC(COC(=O)CCCCCC/C=C\C/C=C\C/C=C\C/C=C\CC)OC(=O)CCCCCCCCCCCCC. The highest BCUT2D eigenvalue weighted by atomic mass is 31.2. The fourth-order valence-corrected chi connectivity index (χ4v) is 11.5. The minimum absolute atomic E-state index is 0.0852. The Morgan fingerprint density at radius 1 is 0.294 bits per heavy atom. The molecule has 0 rings (SSSR count). The molecule has 3 N–H and O–H groups in total. The number of hydrogen-bond donors (Lipinski definition) is 3. The maximum atomic E-state index is 13.1. The van der Waals surface area contributed by atoms with E-state index < -0.39 is 97.5 Å². The standard InChI is InChI=1S/C83H138O17P2/c1-5-9-13-17-21-25-29-32-35-37-38-40-43-45-49-52-56-60-64-68-81(86)94-74-79(100-83(88)70-66-62-58-54-50-46-41-34-31-27-23-19-15-11-7-3)76-98-102(91,92)96-72-77(84)71-95-101(89,90)97-75-78(99-82(87)69-65-61-57-53-47-28-24-20-16-12-8-4)73-93-80(85)67-63-59-55-51-48-44-42-39-36-33-30-26-22-18-14-10-6-2/h10-11,14-15,21-23,25-27,32-36,38,40-42,44,50,54,62,66,77-79,84H,5-9,12-13,16-20,24,28-31,37,39,43,45-49,51-53,55-61,63-65,67-76H2,1-4H3,(H,89,90)(H,91,92)/b14-10-,15-11-,25-21-,26-22-,27-23-,35-32-,36-33-,40-38-,41-34-,44-42-,54-50-,66-62-. The minimum Gasteiger partial charge on any atom is -0.462 e. The number of hydrogen-bond acceptors (Lipinski definition) is 15. The predicted molar refractivity (Wildman–Crippen MR) is 417 cm³/mol. The summed E-state index contributed by atoms with van der Waals surface area (Å²) in [7, 11) is -10.00. The number of phosphoric ester groups is 2. The van der Waals surface area contributed by atoms with Gasteiger partial charge in [-0.25, -0.2) is 9.13 Å². The van der Waals surface area contributed by atoms with Crippen molar-refractivity contribution in [3.8, 4) is 0 Å². The molecule has 0 radical (unpaired) electrons. The average Bonchev–Trinajstić information content (AvgIpc) is 0.936. The van der Waals surface area contributed by atoms with E-state index in [4.69, 9.17) is 37.0 Å². The molecule has 0 aromatic rings. The summed E-state index contributed by atoms with van der Waals surface area (Å²) in [6, 6.07) is 0. The van der Waals surface area contributed by atoms with Crippen molar-refractivity contribution >= 4 is 39.5 Å². The van der Waals surface area contributed by atoms with Gasteiger partial charge in [-0.3, -0.25) is 37.3 Å². The maximum Gasteiger partial charge on any atom is 0.472 e. The van der Waals surface area contributed by atoms with E-state index in [0.717, 1.165) is 161 Å². The van der Waals surface area contributed by atoms with Gasteiger partial charge >= 0.3 is 39.5 Å². The normalized spacial score (nSPS) is 14.7. The zero-order valence-corrected chi connectivity index (χ0v) is 65.3. The Hall–Kier alpha value is -5.06. The van der Waals surface area contributed by atoms with E-state index in [-0.39, 0.29) is 25.7 Å². The van der Waals surface area contributed by atoms with Crippen molar-refractivity contribution in [2.75, 3.05) is 39.6 Å². The molecule has 5 atom stereocenters. The monoisotopic (exact) mass is 1470 g/mol. The molecule has 582 valence electrons. The molecule has 0 spiro atoms. The van der Waals surface area contributed by atoms with Gasteiger partial charge in [0.1, 0.15) is 19.3 Å². The van der Waals surface area contributed by atoms with Crippen LogP contribution in [-0.4, -0.2) is 96.7 Å². The first-order valence-electron chi connectivity index (χ1n) is 39.1. The Morgan fingerprint density at radius 3 is 0.892 bits per heavy atom. The lowest BCUT2D eigenvalue weighted by Crippen LogP contribution is -2.30. The number of carbonyl (C=O) groups excluding carboxylic acids is 4. The van der Waals surface area contributed by atoms with Crippen molar-refractivity contribution in [1.29, 1.82) is 0 Å². The third kappa shape index (κ3) is 73.3. The average molecular weight is 1470 g/mol. The number of aliphatic hydroxyl groups excluding tert-OH is 1. The van der Waals surface area contributed by atoms with E-state index >= 15 is 0 Å². The van der Waals surface area contributed by atoms with Crippen molar-refractivity contribution in [1.82, 2.24) is 0 Å². The summed E-state index contributed by atoms with van der Waals surface area (Å²) < 4.78 is 68.3. The second-order valence-corrected chi connectivity index (χ2v) is 28.5. The Morgan fingerprint density at radius 2 is 0.549 bits per heavy atom. The Labute approximate surface area is 617 Å². The zero-order valence-electron chi connectivity index (χ0n) is 63.5. The van der Waals surface area contributed by atoms with E-state index in [0.29, 0.717) is 25.7 Å². The largest absolute Gasteiger partial charge is 0.472 e. The quantitative estimate of drug-likeness (QED) is 0.0169. The van der Waals surface area contributed by atoms with Crippen LogP contribution in [0.15, 0.2) is 146 Å². The highest BCUT2D eigenvalue weighted by Crippen LogP contribution is 2.45. The third-order valence-corrected chi connectivity index (χ3v) is 17.7. The maximum absolute atomic E-state index is 13.1.